The summed E-state index contributed by atoms with van der Waals surface area (Å²) in [5.41, 5.74) is 1.63. The smallest absolute Gasteiger partial charge is 0.169 e. The molecule has 0 bridgehead atoms. The van der Waals surface area contributed by atoms with Crippen LogP contribution in [0, 0.1) is 11.8 Å². The summed E-state index contributed by atoms with van der Waals surface area (Å²) in [7, 11) is 0. The largest absolute Gasteiger partial charge is 0.374 e. The number of pyridine rings is 1. The van der Waals surface area contributed by atoms with Gasteiger partial charge in [-0.3, -0.25) is 9.78 Å². The van der Waals surface area contributed by atoms with Crippen molar-refractivity contribution in [3.05, 3.63) is 42.1 Å². The lowest BCUT2D eigenvalue weighted by molar-refractivity contribution is 0.0491. The summed E-state index contributed by atoms with van der Waals surface area (Å²) in [6.45, 7) is 6.13. The first-order chi connectivity index (χ1) is 9.59. The van der Waals surface area contributed by atoms with E-state index in [2.05, 4.69) is 11.9 Å². The lowest BCUT2D eigenvalue weighted by Crippen LogP contribution is -2.27. The number of fused-ring (bicyclic) bond motifs is 1. The van der Waals surface area contributed by atoms with E-state index in [1.165, 1.54) is 0 Å². The van der Waals surface area contributed by atoms with Crippen molar-refractivity contribution in [3.8, 4) is 0 Å². The highest BCUT2D eigenvalue weighted by Crippen LogP contribution is 2.35. The lowest BCUT2D eigenvalue weighted by Gasteiger charge is -2.18. The third kappa shape index (κ3) is 2.02. The fourth-order valence-electron chi connectivity index (χ4n) is 3.22. The molecule has 1 aromatic heterocycles. The maximum Gasteiger partial charge on any atom is 0.169 e. The summed E-state index contributed by atoms with van der Waals surface area (Å²) in [5.74, 6) is 0.341. The molecule has 0 radical (unpaired) electrons. The minimum absolute atomic E-state index is 0.0283. The molecule has 1 aliphatic rings. The Bertz CT molecular complexity index is 647. The number of benzene rings is 1. The molecule has 1 aliphatic heterocycles. The fourth-order valence-corrected chi connectivity index (χ4v) is 3.22. The Morgan fingerprint density at radius 1 is 1.10 bits per heavy atom. The molecule has 104 valence electrons. The van der Waals surface area contributed by atoms with Crippen LogP contribution in [0.4, 0.5) is 0 Å². The van der Waals surface area contributed by atoms with Gasteiger partial charge in [0.2, 0.25) is 0 Å². The summed E-state index contributed by atoms with van der Waals surface area (Å²) in [6.07, 6.45) is 1.86. The Hall–Kier alpha value is -1.74. The van der Waals surface area contributed by atoms with E-state index in [4.69, 9.17) is 4.74 Å². The van der Waals surface area contributed by atoms with E-state index >= 15 is 0 Å². The Balaban J connectivity index is 2.05. The molecule has 3 heteroatoms. The molecular weight excluding hydrogens is 250 g/mol. The van der Waals surface area contributed by atoms with Crippen molar-refractivity contribution in [1.29, 1.82) is 0 Å². The third-order valence-corrected chi connectivity index (χ3v) is 4.46. The van der Waals surface area contributed by atoms with Gasteiger partial charge in [-0.05, 0) is 31.9 Å². The highest BCUT2D eigenvalue weighted by Gasteiger charge is 2.41. The first-order valence-corrected chi connectivity index (χ1v) is 7.13. The number of hydrogen-bond donors (Lipinski definition) is 0. The molecule has 20 heavy (non-hydrogen) atoms. The van der Waals surface area contributed by atoms with Gasteiger partial charge in [-0.15, -0.1) is 0 Å². The van der Waals surface area contributed by atoms with Crippen molar-refractivity contribution in [2.24, 2.45) is 11.8 Å². The summed E-state index contributed by atoms with van der Waals surface area (Å²) >= 11 is 0. The van der Waals surface area contributed by atoms with Gasteiger partial charge in [0.25, 0.3) is 0 Å². The van der Waals surface area contributed by atoms with Crippen LogP contribution in [0.1, 0.15) is 31.1 Å². The molecule has 0 saturated carbocycles. The van der Waals surface area contributed by atoms with Crippen LogP contribution in [-0.2, 0) is 4.74 Å². The van der Waals surface area contributed by atoms with Crippen LogP contribution in [0.3, 0.4) is 0 Å². The average molecular weight is 269 g/mol. The van der Waals surface area contributed by atoms with Crippen molar-refractivity contribution in [3.63, 3.8) is 0 Å². The van der Waals surface area contributed by atoms with E-state index in [0.29, 0.717) is 0 Å². The molecule has 1 saturated heterocycles. The Kier molecular flexibility index (Phi) is 3.30. The van der Waals surface area contributed by atoms with Gasteiger partial charge in [0, 0.05) is 17.1 Å². The third-order valence-electron chi connectivity index (χ3n) is 4.46. The lowest BCUT2D eigenvalue weighted by atomic mass is 9.82. The molecule has 1 fully saturated rings. The zero-order chi connectivity index (χ0) is 14.3. The van der Waals surface area contributed by atoms with Gasteiger partial charge in [-0.2, -0.15) is 0 Å². The topological polar surface area (TPSA) is 39.2 Å². The Labute approximate surface area is 119 Å². The molecule has 1 aromatic carbocycles. The minimum Gasteiger partial charge on any atom is -0.374 e. The van der Waals surface area contributed by atoms with Gasteiger partial charge in [-0.1, -0.05) is 25.1 Å². The molecule has 2 aromatic rings. The summed E-state index contributed by atoms with van der Waals surface area (Å²) in [6, 6.07) is 9.57. The van der Waals surface area contributed by atoms with Crippen molar-refractivity contribution < 1.29 is 9.53 Å². The second-order valence-corrected chi connectivity index (χ2v) is 5.67. The fraction of sp³-hybridized carbons (Fsp3) is 0.412. The maximum atomic E-state index is 12.9. The van der Waals surface area contributed by atoms with Gasteiger partial charge >= 0.3 is 0 Å². The monoisotopic (exact) mass is 269 g/mol. The van der Waals surface area contributed by atoms with Gasteiger partial charge in [0.15, 0.2) is 5.78 Å². The minimum atomic E-state index is -0.0733. The molecular formula is C17H19NO2. The first kappa shape index (κ1) is 13.3. The van der Waals surface area contributed by atoms with Crippen LogP contribution in [-0.4, -0.2) is 23.0 Å². The van der Waals surface area contributed by atoms with E-state index in [1.807, 2.05) is 44.2 Å². The van der Waals surface area contributed by atoms with Crippen LogP contribution in [0.25, 0.3) is 10.9 Å². The number of rotatable bonds is 2. The van der Waals surface area contributed by atoms with Crippen molar-refractivity contribution in [1.82, 2.24) is 4.98 Å². The Morgan fingerprint density at radius 2 is 1.90 bits per heavy atom. The highest BCUT2D eigenvalue weighted by atomic mass is 16.5. The van der Waals surface area contributed by atoms with Crippen LogP contribution in [0.5, 0.6) is 0 Å². The first-order valence-electron chi connectivity index (χ1n) is 7.13. The zero-order valence-electron chi connectivity index (χ0n) is 12.0. The van der Waals surface area contributed by atoms with E-state index < -0.39 is 0 Å². The molecule has 0 spiro atoms. The number of hydrogen-bond acceptors (Lipinski definition) is 3. The highest BCUT2D eigenvalue weighted by molar-refractivity contribution is 6.08. The van der Waals surface area contributed by atoms with Crippen LogP contribution < -0.4 is 0 Å². The molecule has 0 N–H and O–H groups in total. The molecule has 3 rings (SSSR count). The molecule has 2 heterocycles. The van der Waals surface area contributed by atoms with E-state index in [0.717, 1.165) is 16.5 Å². The van der Waals surface area contributed by atoms with Gasteiger partial charge in [0.1, 0.15) is 0 Å². The van der Waals surface area contributed by atoms with Crippen molar-refractivity contribution >= 4 is 16.7 Å². The van der Waals surface area contributed by atoms with Gasteiger partial charge in [-0.25, -0.2) is 0 Å². The van der Waals surface area contributed by atoms with Crippen LogP contribution in [0.15, 0.2) is 36.5 Å². The van der Waals surface area contributed by atoms with Crippen molar-refractivity contribution in [2.45, 2.75) is 33.0 Å². The van der Waals surface area contributed by atoms with Gasteiger partial charge in [0.05, 0.1) is 23.6 Å². The molecule has 0 aliphatic carbocycles. The maximum absolute atomic E-state index is 12.9. The number of aromatic nitrogens is 1. The van der Waals surface area contributed by atoms with E-state index in [1.54, 1.807) is 6.20 Å². The zero-order valence-corrected chi connectivity index (χ0v) is 12.0. The molecule has 4 unspecified atom stereocenters. The summed E-state index contributed by atoms with van der Waals surface area (Å²) in [4.78, 5) is 17.2. The normalized spacial score (nSPS) is 29.8. The summed E-state index contributed by atoms with van der Waals surface area (Å²) < 4.78 is 5.80. The van der Waals surface area contributed by atoms with Crippen LogP contribution in [0.2, 0.25) is 0 Å². The number of carbonyl (C=O) groups is 1. The Morgan fingerprint density at radius 3 is 2.60 bits per heavy atom. The number of carbonyl (C=O) groups excluding carboxylic acids is 1. The number of ketones is 1. The SMILES string of the molecule is CC1OC(C)C(C(=O)c2cccc3ncccc23)C1C. The van der Waals surface area contributed by atoms with Crippen LogP contribution >= 0.6 is 0 Å². The van der Waals surface area contributed by atoms with Gasteiger partial charge < -0.3 is 4.74 Å². The second kappa shape index (κ2) is 4.98. The predicted molar refractivity (Wildman–Crippen MR) is 78.7 cm³/mol. The predicted octanol–water partition coefficient (Wildman–Crippen LogP) is 3.48. The molecule has 0 amide bonds. The van der Waals surface area contributed by atoms with E-state index in [-0.39, 0.29) is 29.8 Å². The second-order valence-electron chi connectivity index (χ2n) is 5.67. The number of Topliss-reactive ketones (excluding diaryl/α,β-unsaturated/α-hetero) is 1. The quantitative estimate of drug-likeness (QED) is 0.784. The number of nitrogens with zero attached hydrogens (tertiary/aromatic N) is 1. The van der Waals surface area contributed by atoms with E-state index in [9.17, 15) is 4.79 Å². The standard InChI is InChI=1S/C17H19NO2/c1-10-11(2)20-12(3)16(10)17(19)14-6-4-8-15-13(14)7-5-9-18-15/h4-12,16H,1-3H3. The molecule has 3 nitrogen and oxygen atoms in total. The summed E-state index contributed by atoms with van der Waals surface area (Å²) in [5, 5.41) is 0.930. The number of ether oxygens (including phenoxy) is 1. The van der Waals surface area contributed by atoms with Crippen molar-refractivity contribution in [2.75, 3.05) is 0 Å². The average Bonchev–Trinajstić information content (AvgIpc) is 2.71. The molecule has 4 atom stereocenters.